The zero-order valence-corrected chi connectivity index (χ0v) is 19.6. The minimum absolute atomic E-state index is 0.137. The molecule has 0 aliphatic rings. The van der Waals surface area contributed by atoms with Crippen LogP contribution in [0.5, 0.6) is 0 Å². The Bertz CT molecular complexity index is 1080. The molecule has 2 aromatic carbocycles. The molecule has 8 heteroatoms. The van der Waals surface area contributed by atoms with E-state index in [1.165, 1.54) is 4.90 Å². The summed E-state index contributed by atoms with van der Waals surface area (Å²) < 4.78 is 0. The molecule has 0 spiro atoms. The lowest BCUT2D eigenvalue weighted by Gasteiger charge is -2.41. The van der Waals surface area contributed by atoms with Crippen molar-refractivity contribution in [2.45, 2.75) is 59.0 Å². The van der Waals surface area contributed by atoms with Gasteiger partial charge in [-0.2, -0.15) is 5.21 Å². The standard InChI is InChI=1S/C25H31N5O3/c1-5-6-11-22(31)30(25(4,17(2)3)24(32)33)16-18-12-14-19(15-13-18)20-9-7-8-10-21(20)23-26-28-29-27-23/h7-10,12-15,17H,5-6,11,16H2,1-4H3,(H,32,33)(H,26,27,28,29)/t25-/m0/s1. The highest BCUT2D eigenvalue weighted by Gasteiger charge is 2.44. The Morgan fingerprint density at radius 2 is 1.76 bits per heavy atom. The van der Waals surface area contributed by atoms with Gasteiger partial charge in [0.25, 0.3) is 0 Å². The van der Waals surface area contributed by atoms with E-state index in [0.717, 1.165) is 35.1 Å². The number of carboxylic acids is 1. The first-order chi connectivity index (χ1) is 15.8. The monoisotopic (exact) mass is 449 g/mol. The fourth-order valence-electron chi connectivity index (χ4n) is 3.83. The molecular weight excluding hydrogens is 418 g/mol. The third kappa shape index (κ3) is 5.10. The van der Waals surface area contributed by atoms with Crippen LogP contribution in [0.4, 0.5) is 0 Å². The van der Waals surface area contributed by atoms with Crippen molar-refractivity contribution in [2.75, 3.05) is 0 Å². The van der Waals surface area contributed by atoms with E-state index >= 15 is 0 Å². The van der Waals surface area contributed by atoms with E-state index in [1.807, 2.05) is 69.3 Å². The maximum absolute atomic E-state index is 13.1. The summed E-state index contributed by atoms with van der Waals surface area (Å²) in [6, 6.07) is 15.6. The largest absolute Gasteiger partial charge is 0.479 e. The van der Waals surface area contributed by atoms with Gasteiger partial charge in [-0.05, 0) is 41.2 Å². The number of nitrogens with one attached hydrogen (secondary N) is 1. The van der Waals surface area contributed by atoms with Crippen LogP contribution in [0.15, 0.2) is 48.5 Å². The average molecular weight is 450 g/mol. The second-order valence-electron chi connectivity index (χ2n) is 8.67. The van der Waals surface area contributed by atoms with Crippen molar-refractivity contribution in [3.63, 3.8) is 0 Å². The average Bonchev–Trinajstić information content (AvgIpc) is 3.35. The molecule has 3 rings (SSSR count). The van der Waals surface area contributed by atoms with Crippen molar-refractivity contribution in [1.29, 1.82) is 0 Å². The molecule has 0 bridgehead atoms. The summed E-state index contributed by atoms with van der Waals surface area (Å²) in [5.74, 6) is -0.867. The Hall–Kier alpha value is -3.55. The molecule has 1 aromatic heterocycles. The number of tetrazole rings is 1. The molecule has 174 valence electrons. The SMILES string of the molecule is CCCCC(=O)N(Cc1ccc(-c2ccccc2-c2nn[nH]n2)cc1)[C@](C)(C(=O)O)C(C)C. The highest BCUT2D eigenvalue weighted by Crippen LogP contribution is 2.32. The lowest BCUT2D eigenvalue weighted by Crippen LogP contribution is -2.57. The van der Waals surface area contributed by atoms with Gasteiger partial charge in [0.15, 0.2) is 0 Å². The molecule has 0 radical (unpaired) electrons. The van der Waals surface area contributed by atoms with Crippen LogP contribution in [0.1, 0.15) is 52.5 Å². The van der Waals surface area contributed by atoms with Gasteiger partial charge >= 0.3 is 5.97 Å². The summed E-state index contributed by atoms with van der Waals surface area (Å²) >= 11 is 0. The minimum Gasteiger partial charge on any atom is -0.479 e. The number of hydrogen-bond acceptors (Lipinski definition) is 5. The summed E-state index contributed by atoms with van der Waals surface area (Å²) in [7, 11) is 0. The van der Waals surface area contributed by atoms with Gasteiger partial charge in [-0.25, -0.2) is 4.79 Å². The number of aliphatic carboxylic acids is 1. The molecule has 1 atom stereocenters. The normalized spacial score (nSPS) is 13.0. The number of H-pyrrole nitrogens is 1. The highest BCUT2D eigenvalue weighted by atomic mass is 16.4. The van der Waals surface area contributed by atoms with Crippen molar-refractivity contribution >= 4 is 11.9 Å². The number of aromatic amines is 1. The van der Waals surface area contributed by atoms with Crippen molar-refractivity contribution in [3.8, 4) is 22.5 Å². The van der Waals surface area contributed by atoms with Gasteiger partial charge in [0.2, 0.25) is 11.7 Å². The number of carboxylic acid groups (broad SMARTS) is 1. The van der Waals surface area contributed by atoms with Crippen LogP contribution in [0, 0.1) is 5.92 Å². The van der Waals surface area contributed by atoms with E-state index in [0.29, 0.717) is 12.2 Å². The molecular formula is C25H31N5O3. The van der Waals surface area contributed by atoms with Crippen LogP contribution < -0.4 is 0 Å². The number of unbranched alkanes of at least 4 members (excludes halogenated alkanes) is 1. The van der Waals surface area contributed by atoms with E-state index in [1.54, 1.807) is 6.92 Å². The summed E-state index contributed by atoms with van der Waals surface area (Å²) in [5, 5.41) is 24.3. The van der Waals surface area contributed by atoms with Crippen LogP contribution in [0.2, 0.25) is 0 Å². The van der Waals surface area contributed by atoms with E-state index in [-0.39, 0.29) is 18.4 Å². The summed E-state index contributed by atoms with van der Waals surface area (Å²) in [5.41, 5.74) is 2.35. The number of rotatable bonds is 10. The maximum atomic E-state index is 13.1. The van der Waals surface area contributed by atoms with Crippen molar-refractivity contribution in [3.05, 3.63) is 54.1 Å². The van der Waals surface area contributed by atoms with Crippen molar-refractivity contribution in [1.82, 2.24) is 25.5 Å². The molecule has 0 saturated heterocycles. The Labute approximate surface area is 194 Å². The van der Waals surface area contributed by atoms with E-state index in [9.17, 15) is 14.7 Å². The quantitative estimate of drug-likeness (QED) is 0.469. The lowest BCUT2D eigenvalue weighted by atomic mass is 9.85. The molecule has 0 aliphatic heterocycles. The molecule has 0 aliphatic carbocycles. The third-order valence-electron chi connectivity index (χ3n) is 6.28. The van der Waals surface area contributed by atoms with Gasteiger partial charge < -0.3 is 10.0 Å². The van der Waals surface area contributed by atoms with Crippen LogP contribution >= 0.6 is 0 Å². The fourth-order valence-corrected chi connectivity index (χ4v) is 3.83. The van der Waals surface area contributed by atoms with E-state index in [2.05, 4.69) is 20.6 Å². The van der Waals surface area contributed by atoms with E-state index < -0.39 is 11.5 Å². The predicted molar refractivity (Wildman–Crippen MR) is 126 cm³/mol. The Kier molecular flexibility index (Phi) is 7.58. The zero-order valence-electron chi connectivity index (χ0n) is 19.6. The first-order valence-electron chi connectivity index (χ1n) is 11.2. The Morgan fingerprint density at radius 1 is 1.09 bits per heavy atom. The highest BCUT2D eigenvalue weighted by molar-refractivity contribution is 5.87. The second-order valence-corrected chi connectivity index (χ2v) is 8.67. The van der Waals surface area contributed by atoms with Crippen LogP contribution in [-0.2, 0) is 16.1 Å². The topological polar surface area (TPSA) is 112 Å². The third-order valence-corrected chi connectivity index (χ3v) is 6.28. The number of hydrogen-bond donors (Lipinski definition) is 2. The first kappa shape index (κ1) is 24.1. The number of nitrogens with zero attached hydrogens (tertiary/aromatic N) is 4. The molecule has 0 fully saturated rings. The van der Waals surface area contributed by atoms with Crippen LogP contribution in [-0.4, -0.2) is 48.0 Å². The molecule has 1 heterocycles. The van der Waals surface area contributed by atoms with Gasteiger partial charge in [-0.1, -0.05) is 75.7 Å². The second kappa shape index (κ2) is 10.4. The van der Waals surface area contributed by atoms with Gasteiger partial charge in [-0.15, -0.1) is 10.2 Å². The molecule has 3 aromatic rings. The zero-order chi connectivity index (χ0) is 24.0. The van der Waals surface area contributed by atoms with Crippen molar-refractivity contribution in [2.24, 2.45) is 5.92 Å². The van der Waals surface area contributed by atoms with Gasteiger partial charge in [0, 0.05) is 18.5 Å². The van der Waals surface area contributed by atoms with Gasteiger partial charge in [0.05, 0.1) is 0 Å². The molecule has 0 saturated carbocycles. The summed E-state index contributed by atoms with van der Waals surface area (Å²) in [4.78, 5) is 26.8. The summed E-state index contributed by atoms with van der Waals surface area (Å²) in [6.45, 7) is 7.57. The van der Waals surface area contributed by atoms with Crippen LogP contribution in [0.25, 0.3) is 22.5 Å². The molecule has 8 nitrogen and oxygen atoms in total. The number of carbonyl (C=O) groups is 2. The molecule has 0 unspecified atom stereocenters. The molecule has 33 heavy (non-hydrogen) atoms. The molecule has 2 N–H and O–H groups in total. The summed E-state index contributed by atoms with van der Waals surface area (Å²) in [6.07, 6.45) is 1.94. The minimum atomic E-state index is -1.30. The van der Waals surface area contributed by atoms with Crippen LogP contribution in [0.3, 0.4) is 0 Å². The number of aromatic nitrogens is 4. The number of amides is 1. The number of benzene rings is 2. The maximum Gasteiger partial charge on any atom is 0.329 e. The van der Waals surface area contributed by atoms with Gasteiger partial charge in [-0.3, -0.25) is 4.79 Å². The Balaban J connectivity index is 1.92. The Morgan fingerprint density at radius 3 is 2.30 bits per heavy atom. The van der Waals surface area contributed by atoms with E-state index in [4.69, 9.17) is 0 Å². The number of carbonyl (C=O) groups excluding carboxylic acids is 1. The molecule has 1 amide bonds. The first-order valence-corrected chi connectivity index (χ1v) is 11.2. The smallest absolute Gasteiger partial charge is 0.329 e. The van der Waals surface area contributed by atoms with Gasteiger partial charge in [0.1, 0.15) is 5.54 Å². The van der Waals surface area contributed by atoms with Crippen molar-refractivity contribution < 1.29 is 14.7 Å². The fraction of sp³-hybridized carbons (Fsp3) is 0.400. The lowest BCUT2D eigenvalue weighted by molar-refractivity contribution is -0.162. The predicted octanol–water partition coefficient (Wildman–Crippen LogP) is 4.55.